The molecule has 0 saturated carbocycles. The highest BCUT2D eigenvalue weighted by Crippen LogP contribution is 2.36. The van der Waals surface area contributed by atoms with E-state index in [-0.39, 0.29) is 32.1 Å². The van der Waals surface area contributed by atoms with Crippen LogP contribution < -0.4 is 0 Å². The molecule has 2 atom stereocenters. The Morgan fingerprint density at radius 1 is 1.06 bits per heavy atom. The van der Waals surface area contributed by atoms with Gasteiger partial charge in [0.2, 0.25) is 0 Å². The van der Waals surface area contributed by atoms with Gasteiger partial charge in [-0.2, -0.15) is 0 Å². The smallest absolute Gasteiger partial charge is 0.314 e. The summed E-state index contributed by atoms with van der Waals surface area (Å²) >= 11 is 0. The maximum absolute atomic E-state index is 11.4. The number of aliphatic hydroxyl groups is 2. The van der Waals surface area contributed by atoms with Crippen LogP contribution in [0.15, 0.2) is 0 Å². The van der Waals surface area contributed by atoms with Crippen LogP contribution >= 0.6 is 0 Å². The third-order valence-corrected chi connectivity index (χ3v) is 3.34. The number of carbonyl (C=O) groups is 2. The first-order chi connectivity index (χ1) is 8.32. The summed E-state index contributed by atoms with van der Waals surface area (Å²) in [6, 6.07) is 0. The van der Waals surface area contributed by atoms with Crippen LogP contribution in [0.5, 0.6) is 0 Å². The summed E-state index contributed by atoms with van der Waals surface area (Å²) in [6.45, 7) is 3.25. The van der Waals surface area contributed by atoms with Crippen molar-refractivity contribution < 1.29 is 30.0 Å². The van der Waals surface area contributed by atoms with Gasteiger partial charge < -0.3 is 20.4 Å². The second kappa shape index (κ2) is 7.33. The van der Waals surface area contributed by atoms with Crippen LogP contribution in [-0.4, -0.2) is 44.6 Å². The Morgan fingerprint density at radius 2 is 1.50 bits per heavy atom. The predicted octanol–water partition coefficient (Wildman–Crippen LogP) is 0.854. The standard InChI is InChI=1S/C12H22O6/c1-3-8(13)12(11(17)18,9(14)4-2)7-5-6-10(15)16/h8-9,13-14H,3-7H2,1-2H3,(H,15,16)(H,17,18). The molecule has 0 aromatic heterocycles. The molecule has 0 aliphatic carbocycles. The fraction of sp³-hybridized carbons (Fsp3) is 0.833. The van der Waals surface area contributed by atoms with E-state index < -0.39 is 29.6 Å². The van der Waals surface area contributed by atoms with Crippen LogP contribution in [0.2, 0.25) is 0 Å². The average Bonchev–Trinajstić information content (AvgIpc) is 2.32. The van der Waals surface area contributed by atoms with Gasteiger partial charge in [0.1, 0.15) is 5.41 Å². The van der Waals surface area contributed by atoms with Crippen LogP contribution in [0.25, 0.3) is 0 Å². The van der Waals surface area contributed by atoms with Crippen LogP contribution in [0.4, 0.5) is 0 Å². The van der Waals surface area contributed by atoms with Crippen molar-refractivity contribution in [2.75, 3.05) is 0 Å². The average molecular weight is 262 g/mol. The lowest BCUT2D eigenvalue weighted by atomic mass is 9.71. The Labute approximate surface area is 106 Å². The van der Waals surface area contributed by atoms with Crippen molar-refractivity contribution in [2.24, 2.45) is 5.41 Å². The molecule has 0 spiro atoms. The molecule has 0 amide bonds. The second-order valence-corrected chi connectivity index (χ2v) is 4.44. The number of carboxylic acids is 2. The second-order valence-electron chi connectivity index (χ2n) is 4.44. The molecule has 2 unspecified atom stereocenters. The predicted molar refractivity (Wildman–Crippen MR) is 64.2 cm³/mol. The van der Waals surface area contributed by atoms with E-state index in [1.165, 1.54) is 0 Å². The first-order valence-electron chi connectivity index (χ1n) is 6.14. The van der Waals surface area contributed by atoms with Gasteiger partial charge in [-0.25, -0.2) is 0 Å². The maximum Gasteiger partial charge on any atom is 0.314 e. The number of carboxylic acid groups (broad SMARTS) is 2. The number of aliphatic carboxylic acids is 2. The van der Waals surface area contributed by atoms with Gasteiger partial charge in [-0.15, -0.1) is 0 Å². The highest BCUT2D eigenvalue weighted by Gasteiger charge is 2.49. The molecule has 0 heterocycles. The van der Waals surface area contributed by atoms with Crippen molar-refractivity contribution in [3.05, 3.63) is 0 Å². The molecular weight excluding hydrogens is 240 g/mol. The van der Waals surface area contributed by atoms with Gasteiger partial charge >= 0.3 is 11.9 Å². The minimum atomic E-state index is -1.68. The fourth-order valence-corrected chi connectivity index (χ4v) is 2.21. The summed E-state index contributed by atoms with van der Waals surface area (Å²) in [6.07, 6.45) is -2.14. The number of hydrogen-bond acceptors (Lipinski definition) is 4. The number of hydrogen-bond donors (Lipinski definition) is 4. The lowest BCUT2D eigenvalue weighted by Gasteiger charge is -2.37. The van der Waals surface area contributed by atoms with Crippen molar-refractivity contribution in [1.82, 2.24) is 0 Å². The van der Waals surface area contributed by atoms with E-state index >= 15 is 0 Å². The molecule has 4 N–H and O–H groups in total. The molecule has 0 aromatic carbocycles. The number of rotatable bonds is 9. The van der Waals surface area contributed by atoms with Gasteiger partial charge in [0.25, 0.3) is 0 Å². The summed E-state index contributed by atoms with van der Waals surface area (Å²) in [7, 11) is 0. The summed E-state index contributed by atoms with van der Waals surface area (Å²) in [5.41, 5.74) is -1.68. The molecular formula is C12H22O6. The quantitative estimate of drug-likeness (QED) is 0.490. The normalized spacial score (nSPS) is 17.8. The lowest BCUT2D eigenvalue weighted by molar-refractivity contribution is -0.171. The topological polar surface area (TPSA) is 115 Å². The minimum Gasteiger partial charge on any atom is -0.481 e. The Kier molecular flexibility index (Phi) is 6.86. The van der Waals surface area contributed by atoms with Crippen LogP contribution in [0, 0.1) is 5.41 Å². The van der Waals surface area contributed by atoms with E-state index in [0.717, 1.165) is 0 Å². The summed E-state index contributed by atoms with van der Waals surface area (Å²) in [5.74, 6) is -2.30. The van der Waals surface area contributed by atoms with Crippen LogP contribution in [0.3, 0.4) is 0 Å². The van der Waals surface area contributed by atoms with Gasteiger partial charge in [0.05, 0.1) is 12.2 Å². The lowest BCUT2D eigenvalue weighted by Crippen LogP contribution is -2.51. The van der Waals surface area contributed by atoms with E-state index in [2.05, 4.69) is 0 Å². The summed E-state index contributed by atoms with van der Waals surface area (Å²) in [5, 5.41) is 37.7. The Hall–Kier alpha value is -1.14. The minimum absolute atomic E-state index is 0.0569. The van der Waals surface area contributed by atoms with E-state index in [4.69, 9.17) is 5.11 Å². The molecule has 0 aliphatic heterocycles. The monoisotopic (exact) mass is 262 g/mol. The molecule has 0 rings (SSSR count). The van der Waals surface area contributed by atoms with E-state index in [1.807, 2.05) is 0 Å². The molecule has 0 aliphatic rings. The van der Waals surface area contributed by atoms with E-state index in [1.54, 1.807) is 13.8 Å². The molecule has 0 bridgehead atoms. The molecule has 6 nitrogen and oxygen atoms in total. The van der Waals surface area contributed by atoms with E-state index in [9.17, 15) is 24.9 Å². The molecule has 0 aromatic rings. The molecule has 0 fully saturated rings. The van der Waals surface area contributed by atoms with Crippen molar-refractivity contribution in [2.45, 2.75) is 58.2 Å². The molecule has 0 saturated heterocycles. The van der Waals surface area contributed by atoms with Gasteiger partial charge in [-0.05, 0) is 25.7 Å². The molecule has 18 heavy (non-hydrogen) atoms. The van der Waals surface area contributed by atoms with Gasteiger partial charge in [-0.1, -0.05) is 13.8 Å². The van der Waals surface area contributed by atoms with Gasteiger partial charge in [0, 0.05) is 6.42 Å². The first kappa shape index (κ1) is 16.9. The van der Waals surface area contributed by atoms with Gasteiger partial charge in [0.15, 0.2) is 0 Å². The van der Waals surface area contributed by atoms with Gasteiger partial charge in [-0.3, -0.25) is 9.59 Å². The SMILES string of the molecule is CCC(O)C(CCCC(=O)O)(C(=O)O)C(O)CC. The summed E-state index contributed by atoms with van der Waals surface area (Å²) in [4.78, 5) is 21.9. The fourth-order valence-electron chi connectivity index (χ4n) is 2.21. The Balaban J connectivity index is 5.08. The van der Waals surface area contributed by atoms with Crippen LogP contribution in [0.1, 0.15) is 46.0 Å². The van der Waals surface area contributed by atoms with E-state index in [0.29, 0.717) is 0 Å². The van der Waals surface area contributed by atoms with Crippen molar-refractivity contribution in [3.63, 3.8) is 0 Å². The largest absolute Gasteiger partial charge is 0.481 e. The molecule has 6 heteroatoms. The zero-order valence-corrected chi connectivity index (χ0v) is 10.8. The maximum atomic E-state index is 11.4. The van der Waals surface area contributed by atoms with Crippen LogP contribution in [-0.2, 0) is 9.59 Å². The van der Waals surface area contributed by atoms with Crippen molar-refractivity contribution in [1.29, 1.82) is 0 Å². The zero-order valence-electron chi connectivity index (χ0n) is 10.8. The van der Waals surface area contributed by atoms with Crippen molar-refractivity contribution in [3.8, 4) is 0 Å². The Morgan fingerprint density at radius 3 is 1.78 bits per heavy atom. The summed E-state index contributed by atoms with van der Waals surface area (Å²) < 4.78 is 0. The Bertz CT molecular complexity index is 278. The molecule has 106 valence electrons. The third-order valence-electron chi connectivity index (χ3n) is 3.34. The number of aliphatic hydroxyl groups excluding tert-OH is 2. The first-order valence-corrected chi connectivity index (χ1v) is 6.14. The van der Waals surface area contributed by atoms with Crippen molar-refractivity contribution >= 4 is 11.9 Å². The third kappa shape index (κ3) is 3.68. The molecule has 0 radical (unpaired) electrons. The highest BCUT2D eigenvalue weighted by atomic mass is 16.4. The highest BCUT2D eigenvalue weighted by molar-refractivity contribution is 5.76. The zero-order chi connectivity index (χ0) is 14.3.